The molecule has 1 heterocycles. The molecular weight excluding hydrogens is 202 g/mol. The SMILES string of the molecule is NC(=O)C1(N)CCN(Cc2ccccc2)C1. The highest BCUT2D eigenvalue weighted by Gasteiger charge is 2.39. The molecule has 1 fully saturated rings. The van der Waals surface area contributed by atoms with Gasteiger partial charge in [0.1, 0.15) is 5.54 Å². The zero-order valence-electron chi connectivity index (χ0n) is 9.23. The molecule has 0 radical (unpaired) electrons. The van der Waals surface area contributed by atoms with Gasteiger partial charge >= 0.3 is 0 Å². The first kappa shape index (κ1) is 11.1. The highest BCUT2D eigenvalue weighted by atomic mass is 16.1. The third-order valence-electron chi connectivity index (χ3n) is 3.12. The standard InChI is InChI=1S/C12H17N3O/c13-11(16)12(14)6-7-15(9-12)8-10-4-2-1-3-5-10/h1-5H,6-9,14H2,(H2,13,16). The average molecular weight is 219 g/mol. The van der Waals surface area contributed by atoms with E-state index in [4.69, 9.17) is 11.5 Å². The second-order valence-electron chi connectivity index (χ2n) is 4.47. The van der Waals surface area contributed by atoms with E-state index in [1.165, 1.54) is 5.56 Å². The van der Waals surface area contributed by atoms with Crippen molar-refractivity contribution in [2.45, 2.75) is 18.5 Å². The lowest BCUT2D eigenvalue weighted by molar-refractivity contribution is -0.122. The number of amides is 1. The predicted molar refractivity (Wildman–Crippen MR) is 62.4 cm³/mol. The molecule has 1 unspecified atom stereocenters. The second-order valence-corrected chi connectivity index (χ2v) is 4.47. The molecule has 1 atom stereocenters. The Morgan fingerprint density at radius 2 is 2.06 bits per heavy atom. The third-order valence-corrected chi connectivity index (χ3v) is 3.12. The van der Waals surface area contributed by atoms with Crippen molar-refractivity contribution in [3.63, 3.8) is 0 Å². The number of hydrogen-bond acceptors (Lipinski definition) is 3. The maximum absolute atomic E-state index is 11.2. The molecule has 2 rings (SSSR count). The maximum Gasteiger partial charge on any atom is 0.238 e. The van der Waals surface area contributed by atoms with Crippen molar-refractivity contribution in [3.05, 3.63) is 35.9 Å². The fourth-order valence-electron chi connectivity index (χ4n) is 2.09. The molecule has 4 nitrogen and oxygen atoms in total. The molecule has 1 saturated heterocycles. The van der Waals surface area contributed by atoms with Gasteiger partial charge in [-0.05, 0) is 12.0 Å². The molecule has 4 heteroatoms. The number of primary amides is 1. The number of carbonyl (C=O) groups is 1. The van der Waals surface area contributed by atoms with Crippen LogP contribution in [-0.4, -0.2) is 29.4 Å². The van der Waals surface area contributed by atoms with Crippen LogP contribution in [-0.2, 0) is 11.3 Å². The monoisotopic (exact) mass is 219 g/mol. The summed E-state index contributed by atoms with van der Waals surface area (Å²) in [5.41, 5.74) is 11.6. The molecule has 1 aromatic carbocycles. The Balaban J connectivity index is 1.98. The second kappa shape index (κ2) is 4.23. The topological polar surface area (TPSA) is 72.3 Å². The minimum absolute atomic E-state index is 0.400. The molecule has 1 aliphatic heterocycles. The summed E-state index contributed by atoms with van der Waals surface area (Å²) in [4.78, 5) is 13.4. The van der Waals surface area contributed by atoms with Crippen LogP contribution in [0.3, 0.4) is 0 Å². The van der Waals surface area contributed by atoms with Gasteiger partial charge in [-0.15, -0.1) is 0 Å². The van der Waals surface area contributed by atoms with Crippen molar-refractivity contribution in [3.8, 4) is 0 Å². The summed E-state index contributed by atoms with van der Waals surface area (Å²) in [6.45, 7) is 2.21. The van der Waals surface area contributed by atoms with E-state index in [0.717, 1.165) is 13.1 Å². The summed E-state index contributed by atoms with van der Waals surface area (Å²) < 4.78 is 0. The molecule has 1 aliphatic rings. The lowest BCUT2D eigenvalue weighted by atomic mass is 10.00. The van der Waals surface area contributed by atoms with E-state index in [-0.39, 0.29) is 0 Å². The van der Waals surface area contributed by atoms with Gasteiger partial charge in [-0.1, -0.05) is 30.3 Å². The van der Waals surface area contributed by atoms with Gasteiger partial charge in [-0.3, -0.25) is 9.69 Å². The van der Waals surface area contributed by atoms with Crippen molar-refractivity contribution in [1.82, 2.24) is 4.90 Å². The molecule has 16 heavy (non-hydrogen) atoms. The predicted octanol–water partition coefficient (Wildman–Crippen LogP) is 0.0751. The van der Waals surface area contributed by atoms with Crippen molar-refractivity contribution in [2.24, 2.45) is 11.5 Å². The number of nitrogens with zero attached hydrogens (tertiary/aromatic N) is 1. The van der Waals surface area contributed by atoms with Crippen LogP contribution >= 0.6 is 0 Å². The first-order valence-electron chi connectivity index (χ1n) is 5.45. The highest BCUT2D eigenvalue weighted by Crippen LogP contribution is 2.20. The minimum atomic E-state index is -0.839. The Bertz CT molecular complexity index is 379. The smallest absolute Gasteiger partial charge is 0.238 e. The van der Waals surface area contributed by atoms with Gasteiger partial charge in [-0.25, -0.2) is 0 Å². The first-order chi connectivity index (χ1) is 7.60. The molecular formula is C12H17N3O. The van der Waals surface area contributed by atoms with E-state index in [1.807, 2.05) is 18.2 Å². The van der Waals surface area contributed by atoms with Gasteiger partial charge in [0.15, 0.2) is 0 Å². The molecule has 1 aromatic rings. The molecule has 0 spiro atoms. The quantitative estimate of drug-likeness (QED) is 0.756. The summed E-state index contributed by atoms with van der Waals surface area (Å²) in [6, 6.07) is 10.1. The molecule has 0 bridgehead atoms. The fourth-order valence-corrected chi connectivity index (χ4v) is 2.09. The largest absolute Gasteiger partial charge is 0.368 e. The van der Waals surface area contributed by atoms with Crippen molar-refractivity contribution in [1.29, 1.82) is 0 Å². The average Bonchev–Trinajstić information content (AvgIpc) is 2.63. The molecule has 0 aliphatic carbocycles. The fraction of sp³-hybridized carbons (Fsp3) is 0.417. The highest BCUT2D eigenvalue weighted by molar-refractivity contribution is 5.85. The Morgan fingerprint density at radius 3 is 2.62 bits per heavy atom. The number of nitrogens with two attached hydrogens (primary N) is 2. The van der Waals surface area contributed by atoms with Gasteiger partial charge in [-0.2, -0.15) is 0 Å². The Morgan fingerprint density at radius 1 is 1.38 bits per heavy atom. The van der Waals surface area contributed by atoms with Gasteiger partial charge in [0, 0.05) is 19.6 Å². The number of likely N-dealkylation sites (tertiary alicyclic amines) is 1. The summed E-state index contributed by atoms with van der Waals surface area (Å²) >= 11 is 0. The Labute approximate surface area is 95.2 Å². The van der Waals surface area contributed by atoms with Crippen molar-refractivity contribution < 1.29 is 4.79 Å². The van der Waals surface area contributed by atoms with Crippen LogP contribution in [0.2, 0.25) is 0 Å². The molecule has 86 valence electrons. The maximum atomic E-state index is 11.2. The van der Waals surface area contributed by atoms with Crippen LogP contribution < -0.4 is 11.5 Å². The molecule has 4 N–H and O–H groups in total. The van der Waals surface area contributed by atoms with Crippen LogP contribution in [0, 0.1) is 0 Å². The number of hydrogen-bond donors (Lipinski definition) is 2. The Kier molecular flexibility index (Phi) is 2.94. The van der Waals surface area contributed by atoms with E-state index in [9.17, 15) is 4.79 Å². The van der Waals surface area contributed by atoms with E-state index >= 15 is 0 Å². The number of rotatable bonds is 3. The number of benzene rings is 1. The molecule has 1 amide bonds. The van der Waals surface area contributed by atoms with Gasteiger partial charge < -0.3 is 11.5 Å². The van der Waals surface area contributed by atoms with Gasteiger partial charge in [0.05, 0.1) is 0 Å². The van der Waals surface area contributed by atoms with Gasteiger partial charge in [0.25, 0.3) is 0 Å². The van der Waals surface area contributed by atoms with E-state index < -0.39 is 11.4 Å². The van der Waals surface area contributed by atoms with Crippen LogP contribution in [0.25, 0.3) is 0 Å². The van der Waals surface area contributed by atoms with Gasteiger partial charge in [0.2, 0.25) is 5.91 Å². The lowest BCUT2D eigenvalue weighted by Crippen LogP contribution is -2.53. The molecule has 0 saturated carbocycles. The van der Waals surface area contributed by atoms with Crippen LogP contribution in [0.4, 0.5) is 0 Å². The summed E-state index contributed by atoms with van der Waals surface area (Å²) in [7, 11) is 0. The lowest BCUT2D eigenvalue weighted by Gasteiger charge is -2.20. The summed E-state index contributed by atoms with van der Waals surface area (Å²) in [5, 5.41) is 0. The van der Waals surface area contributed by atoms with E-state index in [0.29, 0.717) is 13.0 Å². The number of carbonyl (C=O) groups excluding carboxylic acids is 1. The zero-order chi connectivity index (χ0) is 11.6. The normalized spacial score (nSPS) is 25.8. The Hall–Kier alpha value is -1.39. The van der Waals surface area contributed by atoms with Crippen LogP contribution in [0.15, 0.2) is 30.3 Å². The van der Waals surface area contributed by atoms with E-state index in [1.54, 1.807) is 0 Å². The van der Waals surface area contributed by atoms with Crippen LogP contribution in [0.5, 0.6) is 0 Å². The van der Waals surface area contributed by atoms with Crippen molar-refractivity contribution in [2.75, 3.05) is 13.1 Å². The zero-order valence-corrected chi connectivity index (χ0v) is 9.23. The molecule has 0 aromatic heterocycles. The van der Waals surface area contributed by atoms with Crippen LogP contribution in [0.1, 0.15) is 12.0 Å². The first-order valence-corrected chi connectivity index (χ1v) is 5.45. The van der Waals surface area contributed by atoms with Crippen molar-refractivity contribution >= 4 is 5.91 Å². The summed E-state index contributed by atoms with van der Waals surface area (Å²) in [5.74, 6) is -0.400. The van der Waals surface area contributed by atoms with E-state index in [2.05, 4.69) is 17.0 Å². The third kappa shape index (κ3) is 2.23. The minimum Gasteiger partial charge on any atom is -0.368 e. The summed E-state index contributed by atoms with van der Waals surface area (Å²) in [6.07, 6.45) is 0.648.